The van der Waals surface area contributed by atoms with E-state index in [9.17, 15) is 4.79 Å². The lowest BCUT2D eigenvalue weighted by molar-refractivity contribution is -0.130. The van der Waals surface area contributed by atoms with Gasteiger partial charge in [-0.15, -0.1) is 18.3 Å². The molecule has 126 valence electrons. The van der Waals surface area contributed by atoms with Gasteiger partial charge in [0.05, 0.1) is 25.5 Å². The largest absolute Gasteiger partial charge is 0.493 e. The molecule has 7 heteroatoms. The molecule has 3 rings (SSSR count). The molecular formula is C17H18N2O3S2. The first-order valence-corrected chi connectivity index (χ1v) is 8.76. The number of thiocarbonyl (C=S) groups is 1. The minimum atomic E-state index is -0.292. The van der Waals surface area contributed by atoms with Crippen LogP contribution < -0.4 is 14.8 Å². The Labute approximate surface area is 150 Å². The van der Waals surface area contributed by atoms with Crippen molar-refractivity contribution in [1.29, 1.82) is 0 Å². The van der Waals surface area contributed by atoms with Gasteiger partial charge in [0.15, 0.2) is 16.6 Å². The van der Waals surface area contributed by atoms with Gasteiger partial charge >= 0.3 is 0 Å². The fourth-order valence-corrected chi connectivity index (χ4v) is 4.42. The highest BCUT2D eigenvalue weighted by molar-refractivity contribution is 8.03. The van der Waals surface area contributed by atoms with E-state index < -0.39 is 0 Å². The monoisotopic (exact) mass is 362 g/mol. The molecule has 0 spiro atoms. The predicted octanol–water partition coefficient (Wildman–Crippen LogP) is 2.64. The Bertz CT molecular complexity index is 733. The Morgan fingerprint density at radius 1 is 1.38 bits per heavy atom. The number of carbonyl (C=O) groups is 1. The van der Waals surface area contributed by atoms with Crippen molar-refractivity contribution >= 4 is 40.6 Å². The van der Waals surface area contributed by atoms with Gasteiger partial charge in [-0.2, -0.15) is 0 Å². The zero-order valence-electron chi connectivity index (χ0n) is 13.4. The molecule has 24 heavy (non-hydrogen) atoms. The van der Waals surface area contributed by atoms with Crippen LogP contribution >= 0.6 is 24.0 Å². The average molecular weight is 362 g/mol. The summed E-state index contributed by atoms with van der Waals surface area (Å²) >= 11 is 6.87. The van der Waals surface area contributed by atoms with E-state index >= 15 is 0 Å². The van der Waals surface area contributed by atoms with Crippen molar-refractivity contribution in [3.05, 3.63) is 41.8 Å². The minimum Gasteiger partial charge on any atom is -0.493 e. The van der Waals surface area contributed by atoms with Gasteiger partial charge in [0, 0.05) is 6.54 Å². The lowest BCUT2D eigenvalue weighted by Crippen LogP contribution is -2.57. The smallest absolute Gasteiger partial charge is 0.239 e. The van der Waals surface area contributed by atoms with Crippen LogP contribution in [-0.2, 0) is 4.79 Å². The Morgan fingerprint density at radius 2 is 2.12 bits per heavy atom. The zero-order valence-corrected chi connectivity index (χ0v) is 15.1. The molecule has 5 nitrogen and oxygen atoms in total. The number of fused-ring (bicyclic) bond motifs is 1. The van der Waals surface area contributed by atoms with Crippen molar-refractivity contribution in [2.45, 2.75) is 5.37 Å². The van der Waals surface area contributed by atoms with Crippen molar-refractivity contribution in [3.63, 3.8) is 0 Å². The summed E-state index contributed by atoms with van der Waals surface area (Å²) in [6, 6.07) is 5.68. The molecule has 1 N–H and O–H groups in total. The molecule has 0 saturated carbocycles. The van der Waals surface area contributed by atoms with E-state index in [1.54, 1.807) is 37.0 Å². The number of amides is 1. The number of nitrogens with zero attached hydrogens (tertiary/aromatic N) is 1. The van der Waals surface area contributed by atoms with Gasteiger partial charge in [-0.25, -0.2) is 0 Å². The van der Waals surface area contributed by atoms with Crippen molar-refractivity contribution in [2.24, 2.45) is 5.92 Å². The average Bonchev–Trinajstić information content (AvgIpc) is 3.01. The van der Waals surface area contributed by atoms with Gasteiger partial charge in [-0.05, 0) is 40.9 Å². The first kappa shape index (κ1) is 16.9. The van der Waals surface area contributed by atoms with Crippen LogP contribution in [0.1, 0.15) is 5.56 Å². The van der Waals surface area contributed by atoms with Crippen LogP contribution in [0.25, 0.3) is 5.57 Å². The number of ether oxygens (including phenoxy) is 2. The summed E-state index contributed by atoms with van der Waals surface area (Å²) in [5, 5.41) is 5.63. The summed E-state index contributed by atoms with van der Waals surface area (Å²) in [4.78, 5) is 14.5. The summed E-state index contributed by atoms with van der Waals surface area (Å²) in [7, 11) is 3.20. The van der Waals surface area contributed by atoms with Gasteiger partial charge in [0.1, 0.15) is 0 Å². The summed E-state index contributed by atoms with van der Waals surface area (Å²) in [6.07, 6.45) is 1.67. The molecule has 1 aromatic rings. The highest BCUT2D eigenvalue weighted by Crippen LogP contribution is 2.44. The molecule has 2 aliphatic heterocycles. The van der Waals surface area contributed by atoms with Crippen molar-refractivity contribution in [3.8, 4) is 11.5 Å². The van der Waals surface area contributed by atoms with Crippen LogP contribution in [0, 0.1) is 5.92 Å². The second-order valence-electron chi connectivity index (χ2n) is 5.36. The quantitative estimate of drug-likeness (QED) is 0.642. The number of rotatable bonds is 5. The van der Waals surface area contributed by atoms with Crippen LogP contribution in [0.4, 0.5) is 0 Å². The molecular weight excluding hydrogens is 344 g/mol. The summed E-state index contributed by atoms with van der Waals surface area (Å²) < 4.78 is 10.7. The van der Waals surface area contributed by atoms with Crippen LogP contribution in [0.2, 0.25) is 0 Å². The maximum Gasteiger partial charge on any atom is 0.239 e. The molecule has 2 unspecified atom stereocenters. The fraction of sp³-hybridized carbons (Fsp3) is 0.294. The Balaban J connectivity index is 1.94. The predicted molar refractivity (Wildman–Crippen MR) is 100 cm³/mol. The molecule has 1 aromatic carbocycles. The number of methoxy groups -OCH3 is 2. The molecule has 2 heterocycles. The van der Waals surface area contributed by atoms with Crippen molar-refractivity contribution in [1.82, 2.24) is 10.2 Å². The first-order valence-electron chi connectivity index (χ1n) is 7.41. The molecule has 0 bridgehead atoms. The summed E-state index contributed by atoms with van der Waals surface area (Å²) in [5.74, 6) is 1.00. The first-order chi connectivity index (χ1) is 11.6. The zero-order chi connectivity index (χ0) is 17.3. The summed E-state index contributed by atoms with van der Waals surface area (Å²) in [6.45, 7) is 4.10. The van der Waals surface area contributed by atoms with E-state index in [0.717, 1.165) is 11.1 Å². The Morgan fingerprint density at radius 3 is 2.79 bits per heavy atom. The minimum absolute atomic E-state index is 0.00492. The molecule has 2 aliphatic rings. The second-order valence-corrected chi connectivity index (χ2v) is 6.77. The number of benzene rings is 1. The molecule has 2 atom stereocenters. The molecule has 0 radical (unpaired) electrons. The normalized spacial score (nSPS) is 22.6. The number of thioether (sulfide) groups is 1. The second kappa shape index (κ2) is 6.86. The highest BCUT2D eigenvalue weighted by Gasteiger charge is 2.44. The van der Waals surface area contributed by atoms with E-state index in [2.05, 4.69) is 11.9 Å². The maximum absolute atomic E-state index is 12.9. The Kier molecular flexibility index (Phi) is 4.82. The lowest BCUT2D eigenvalue weighted by atomic mass is 9.91. The van der Waals surface area contributed by atoms with Gasteiger partial charge < -0.3 is 14.8 Å². The van der Waals surface area contributed by atoms with Crippen molar-refractivity contribution in [2.75, 3.05) is 20.8 Å². The molecule has 0 aliphatic carbocycles. The van der Waals surface area contributed by atoms with E-state index in [1.165, 1.54) is 0 Å². The lowest BCUT2D eigenvalue weighted by Gasteiger charge is -2.36. The van der Waals surface area contributed by atoms with Gasteiger partial charge in [0.2, 0.25) is 5.91 Å². The van der Waals surface area contributed by atoms with E-state index in [1.807, 2.05) is 23.6 Å². The third kappa shape index (κ3) is 2.78. The van der Waals surface area contributed by atoms with Gasteiger partial charge in [-0.1, -0.05) is 12.1 Å². The molecule has 1 fully saturated rings. The van der Waals surface area contributed by atoms with Crippen LogP contribution in [0.15, 0.2) is 36.3 Å². The molecule has 1 saturated heterocycles. The molecule has 0 aromatic heterocycles. The maximum atomic E-state index is 12.9. The SMILES string of the molecule is C=CCN1C(=O)C2C(c3ccc(OC)c(OC)c3)=CSC2NC1=S. The van der Waals surface area contributed by atoms with Crippen LogP contribution in [0.3, 0.4) is 0 Å². The third-order valence-electron chi connectivity index (χ3n) is 4.05. The Hall–Kier alpha value is -1.99. The molecule has 1 amide bonds. The van der Waals surface area contributed by atoms with Gasteiger partial charge in [0.25, 0.3) is 0 Å². The van der Waals surface area contributed by atoms with Gasteiger partial charge in [-0.3, -0.25) is 9.69 Å². The number of hydrogen-bond acceptors (Lipinski definition) is 5. The van der Waals surface area contributed by atoms with E-state index in [-0.39, 0.29) is 17.2 Å². The number of carbonyl (C=O) groups excluding carboxylic acids is 1. The van der Waals surface area contributed by atoms with E-state index in [4.69, 9.17) is 21.7 Å². The highest BCUT2D eigenvalue weighted by atomic mass is 32.2. The fourth-order valence-electron chi connectivity index (χ4n) is 2.87. The third-order valence-corrected chi connectivity index (χ3v) is 5.46. The van der Waals surface area contributed by atoms with Crippen LogP contribution in [0.5, 0.6) is 11.5 Å². The van der Waals surface area contributed by atoms with Crippen molar-refractivity contribution < 1.29 is 14.3 Å². The number of nitrogens with one attached hydrogen (secondary N) is 1. The topological polar surface area (TPSA) is 50.8 Å². The van der Waals surface area contributed by atoms with E-state index in [0.29, 0.717) is 23.2 Å². The standard InChI is InChI=1S/C17H18N2O3S2/c1-4-7-19-16(20)14-11(9-24-15(14)18-17(19)23)10-5-6-12(21-2)13(8-10)22-3/h4-6,8-9,14-15H,1,7H2,2-3H3,(H,18,23). The summed E-state index contributed by atoms with van der Waals surface area (Å²) in [5.41, 5.74) is 1.90. The number of hydrogen-bond donors (Lipinski definition) is 1. The van der Waals surface area contributed by atoms with Crippen LogP contribution in [-0.4, -0.2) is 42.1 Å².